The van der Waals surface area contributed by atoms with Gasteiger partial charge in [-0.2, -0.15) is 0 Å². The molecule has 2 rings (SSSR count). The van der Waals surface area contributed by atoms with Crippen LogP contribution in [-0.2, 0) is 23.1 Å². The normalized spacial score (nSPS) is 15.8. The first-order valence-electron chi connectivity index (χ1n) is 6.28. The van der Waals surface area contributed by atoms with Crippen LogP contribution in [-0.4, -0.2) is 39.1 Å². The van der Waals surface area contributed by atoms with Gasteiger partial charge >= 0.3 is 0 Å². The average molecular weight is 251 g/mol. The standard InChI is InChI=1S/C13H21N3O2/c1-13(2,18-4)12(17)16(10-5-6-10)9-11-14-7-8-15(11)3/h7-8,10H,5-6,9H2,1-4H3. The second kappa shape index (κ2) is 4.72. The van der Waals surface area contributed by atoms with Crippen LogP contribution in [0.2, 0.25) is 0 Å². The fraction of sp³-hybridized carbons (Fsp3) is 0.692. The number of rotatable bonds is 5. The van der Waals surface area contributed by atoms with Gasteiger partial charge in [-0.1, -0.05) is 0 Å². The van der Waals surface area contributed by atoms with E-state index in [1.807, 2.05) is 36.6 Å². The molecule has 1 amide bonds. The van der Waals surface area contributed by atoms with Crippen molar-refractivity contribution in [3.63, 3.8) is 0 Å². The monoisotopic (exact) mass is 251 g/mol. The number of methoxy groups -OCH3 is 1. The van der Waals surface area contributed by atoms with E-state index in [-0.39, 0.29) is 5.91 Å². The van der Waals surface area contributed by atoms with Gasteiger partial charge in [0, 0.05) is 32.6 Å². The maximum atomic E-state index is 12.5. The van der Waals surface area contributed by atoms with Crippen molar-refractivity contribution in [2.24, 2.45) is 7.05 Å². The molecule has 100 valence electrons. The summed E-state index contributed by atoms with van der Waals surface area (Å²) in [6.45, 7) is 4.17. The summed E-state index contributed by atoms with van der Waals surface area (Å²) in [5.74, 6) is 0.942. The van der Waals surface area contributed by atoms with Gasteiger partial charge in [-0.05, 0) is 26.7 Å². The number of carbonyl (C=O) groups is 1. The highest BCUT2D eigenvalue weighted by Crippen LogP contribution is 2.30. The molecule has 1 aromatic rings. The quantitative estimate of drug-likeness (QED) is 0.793. The zero-order valence-electron chi connectivity index (χ0n) is 11.5. The number of ether oxygens (including phenoxy) is 1. The molecule has 0 N–H and O–H groups in total. The largest absolute Gasteiger partial charge is 0.369 e. The molecular formula is C13H21N3O2. The van der Waals surface area contributed by atoms with Crippen molar-refractivity contribution in [2.45, 2.75) is 44.9 Å². The van der Waals surface area contributed by atoms with Crippen LogP contribution in [0, 0.1) is 0 Å². The Labute approximate surface area is 108 Å². The van der Waals surface area contributed by atoms with E-state index in [1.165, 1.54) is 0 Å². The molecule has 0 unspecified atom stereocenters. The highest BCUT2D eigenvalue weighted by molar-refractivity contribution is 5.84. The Bertz CT molecular complexity index is 435. The molecule has 0 bridgehead atoms. The number of carbonyl (C=O) groups excluding carboxylic acids is 1. The minimum atomic E-state index is -0.770. The van der Waals surface area contributed by atoms with Gasteiger partial charge in [0.05, 0.1) is 6.54 Å². The minimum absolute atomic E-state index is 0.0375. The highest BCUT2D eigenvalue weighted by atomic mass is 16.5. The van der Waals surface area contributed by atoms with Crippen LogP contribution < -0.4 is 0 Å². The van der Waals surface area contributed by atoms with E-state index in [9.17, 15) is 4.79 Å². The van der Waals surface area contributed by atoms with Crippen molar-refractivity contribution in [3.8, 4) is 0 Å². The molecule has 1 aromatic heterocycles. The number of hydrogen-bond acceptors (Lipinski definition) is 3. The molecule has 0 aromatic carbocycles. The summed E-state index contributed by atoms with van der Waals surface area (Å²) >= 11 is 0. The summed E-state index contributed by atoms with van der Waals surface area (Å²) in [4.78, 5) is 18.7. The number of amides is 1. The van der Waals surface area contributed by atoms with Crippen LogP contribution in [0.5, 0.6) is 0 Å². The lowest BCUT2D eigenvalue weighted by Gasteiger charge is -2.30. The highest BCUT2D eigenvalue weighted by Gasteiger charge is 2.40. The number of aryl methyl sites for hydroxylation is 1. The predicted octanol–water partition coefficient (Wildman–Crippen LogP) is 1.34. The van der Waals surface area contributed by atoms with Gasteiger partial charge in [0.15, 0.2) is 0 Å². The van der Waals surface area contributed by atoms with Crippen molar-refractivity contribution in [3.05, 3.63) is 18.2 Å². The third-order valence-electron chi connectivity index (χ3n) is 3.51. The maximum absolute atomic E-state index is 12.5. The molecule has 1 saturated carbocycles. The van der Waals surface area contributed by atoms with E-state index in [4.69, 9.17) is 4.74 Å². The lowest BCUT2D eigenvalue weighted by atomic mass is 10.1. The zero-order chi connectivity index (χ0) is 13.3. The first kappa shape index (κ1) is 13.1. The SMILES string of the molecule is COC(C)(C)C(=O)N(Cc1nccn1C)C1CC1. The van der Waals surface area contributed by atoms with Gasteiger partial charge < -0.3 is 14.2 Å². The average Bonchev–Trinajstić information content (AvgIpc) is 3.10. The summed E-state index contributed by atoms with van der Waals surface area (Å²) in [5, 5.41) is 0. The van der Waals surface area contributed by atoms with Crippen LogP contribution in [0.15, 0.2) is 12.4 Å². The Morgan fingerprint density at radius 3 is 2.72 bits per heavy atom. The molecule has 0 atom stereocenters. The van der Waals surface area contributed by atoms with Crippen LogP contribution >= 0.6 is 0 Å². The number of hydrogen-bond donors (Lipinski definition) is 0. The van der Waals surface area contributed by atoms with Crippen molar-refractivity contribution in [1.29, 1.82) is 0 Å². The van der Waals surface area contributed by atoms with E-state index < -0.39 is 5.60 Å². The topological polar surface area (TPSA) is 47.4 Å². The Hall–Kier alpha value is -1.36. The summed E-state index contributed by atoms with van der Waals surface area (Å²) in [7, 11) is 3.52. The lowest BCUT2D eigenvalue weighted by Crippen LogP contribution is -2.47. The summed E-state index contributed by atoms with van der Waals surface area (Å²) in [6.07, 6.45) is 5.81. The summed E-state index contributed by atoms with van der Waals surface area (Å²) in [6, 6.07) is 0.351. The number of imidazole rings is 1. The lowest BCUT2D eigenvalue weighted by molar-refractivity contribution is -0.152. The summed E-state index contributed by atoms with van der Waals surface area (Å²) < 4.78 is 7.24. The van der Waals surface area contributed by atoms with E-state index in [2.05, 4.69) is 4.98 Å². The Morgan fingerprint density at radius 2 is 2.28 bits per heavy atom. The Balaban J connectivity index is 2.14. The van der Waals surface area contributed by atoms with Gasteiger partial charge in [0.25, 0.3) is 5.91 Å². The molecule has 18 heavy (non-hydrogen) atoms. The number of aromatic nitrogens is 2. The van der Waals surface area contributed by atoms with Crippen molar-refractivity contribution in [2.75, 3.05) is 7.11 Å². The molecule has 1 aliphatic carbocycles. The fourth-order valence-electron chi connectivity index (χ4n) is 1.89. The molecule has 0 aliphatic heterocycles. The van der Waals surface area contributed by atoms with Crippen molar-refractivity contribution >= 4 is 5.91 Å². The van der Waals surface area contributed by atoms with Gasteiger partial charge in [-0.3, -0.25) is 4.79 Å². The first-order valence-corrected chi connectivity index (χ1v) is 6.28. The van der Waals surface area contributed by atoms with Gasteiger partial charge in [0.1, 0.15) is 11.4 Å². The zero-order valence-corrected chi connectivity index (χ0v) is 11.5. The summed E-state index contributed by atoms with van der Waals surface area (Å²) in [5.41, 5.74) is -0.770. The van der Waals surface area contributed by atoms with Gasteiger partial charge in [0.2, 0.25) is 0 Å². The fourth-order valence-corrected chi connectivity index (χ4v) is 1.89. The molecule has 0 spiro atoms. The third-order valence-corrected chi connectivity index (χ3v) is 3.51. The first-order chi connectivity index (χ1) is 8.45. The molecular weight excluding hydrogens is 230 g/mol. The van der Waals surface area contributed by atoms with Crippen molar-refractivity contribution < 1.29 is 9.53 Å². The predicted molar refractivity (Wildman–Crippen MR) is 67.9 cm³/mol. The van der Waals surface area contributed by atoms with Gasteiger partial charge in [-0.25, -0.2) is 4.98 Å². The van der Waals surface area contributed by atoms with E-state index in [0.717, 1.165) is 18.7 Å². The smallest absolute Gasteiger partial charge is 0.254 e. The molecule has 1 heterocycles. The maximum Gasteiger partial charge on any atom is 0.254 e. The molecule has 5 heteroatoms. The van der Waals surface area contributed by atoms with Crippen LogP contribution in [0.25, 0.3) is 0 Å². The second-order valence-electron chi connectivity index (χ2n) is 5.33. The molecule has 0 radical (unpaired) electrons. The van der Waals surface area contributed by atoms with Crippen LogP contribution in [0.4, 0.5) is 0 Å². The van der Waals surface area contributed by atoms with E-state index in [0.29, 0.717) is 12.6 Å². The number of nitrogens with zero attached hydrogens (tertiary/aromatic N) is 3. The molecule has 1 fully saturated rings. The van der Waals surface area contributed by atoms with E-state index >= 15 is 0 Å². The molecule has 5 nitrogen and oxygen atoms in total. The third kappa shape index (κ3) is 2.56. The Kier molecular flexibility index (Phi) is 3.43. The second-order valence-corrected chi connectivity index (χ2v) is 5.33. The molecule has 1 aliphatic rings. The van der Waals surface area contributed by atoms with Crippen LogP contribution in [0.1, 0.15) is 32.5 Å². The van der Waals surface area contributed by atoms with Gasteiger partial charge in [-0.15, -0.1) is 0 Å². The molecule has 0 saturated heterocycles. The van der Waals surface area contributed by atoms with E-state index in [1.54, 1.807) is 13.3 Å². The Morgan fingerprint density at radius 1 is 1.61 bits per heavy atom. The van der Waals surface area contributed by atoms with Crippen molar-refractivity contribution in [1.82, 2.24) is 14.5 Å². The minimum Gasteiger partial charge on any atom is -0.369 e. The van der Waals surface area contributed by atoms with Crippen LogP contribution in [0.3, 0.4) is 0 Å².